The topological polar surface area (TPSA) is 29.4 Å². The minimum Gasteiger partial charge on any atom is -0.211 e. The van der Waals surface area contributed by atoms with Crippen molar-refractivity contribution in [1.82, 2.24) is 0 Å². The summed E-state index contributed by atoms with van der Waals surface area (Å²) in [6, 6.07) is 6.24. The van der Waals surface area contributed by atoms with Gasteiger partial charge in [0, 0.05) is 0 Å². The summed E-state index contributed by atoms with van der Waals surface area (Å²) in [6.45, 7) is 4.53. The van der Waals surface area contributed by atoms with E-state index in [4.69, 9.17) is 0 Å². The van der Waals surface area contributed by atoms with Gasteiger partial charge >= 0.3 is 0 Å². The van der Waals surface area contributed by atoms with E-state index in [1.165, 1.54) is 101 Å². The van der Waals surface area contributed by atoms with Gasteiger partial charge in [-0.15, -0.1) is 0 Å². The van der Waals surface area contributed by atoms with Crippen LogP contribution in [0.1, 0.15) is 115 Å². The molecule has 0 fully saturated rings. The molecule has 0 aliphatic carbocycles. The van der Waals surface area contributed by atoms with E-state index in [1.54, 1.807) is 6.08 Å². The molecule has 0 aliphatic heterocycles. The first-order valence-corrected chi connectivity index (χ1v) is 11.5. The number of aliphatic imine (C=N–C) groups is 1. The van der Waals surface area contributed by atoms with Gasteiger partial charge in [-0.1, -0.05) is 103 Å². The van der Waals surface area contributed by atoms with Crippen LogP contribution in [0.5, 0.6) is 0 Å². The Morgan fingerprint density at radius 1 is 0.704 bits per heavy atom. The number of hydrogen-bond donors (Lipinski definition) is 0. The van der Waals surface area contributed by atoms with Gasteiger partial charge in [0.25, 0.3) is 0 Å². The maximum absolute atomic E-state index is 10.8. The third kappa shape index (κ3) is 11.1. The van der Waals surface area contributed by atoms with Gasteiger partial charge in [0.05, 0.1) is 5.69 Å². The first-order valence-electron chi connectivity index (χ1n) is 11.5. The van der Waals surface area contributed by atoms with Crippen molar-refractivity contribution in [3.63, 3.8) is 0 Å². The molecule has 1 aromatic carbocycles. The molecular formula is C25H41NO. The molecule has 1 rings (SSSR count). The lowest BCUT2D eigenvalue weighted by Crippen LogP contribution is -1.97. The largest absolute Gasteiger partial charge is 0.240 e. The van der Waals surface area contributed by atoms with Crippen LogP contribution in [0.15, 0.2) is 23.2 Å². The van der Waals surface area contributed by atoms with E-state index in [1.807, 2.05) is 12.1 Å². The molecule has 0 aromatic heterocycles. The van der Waals surface area contributed by atoms with E-state index in [-0.39, 0.29) is 0 Å². The number of rotatable bonds is 17. The number of carbonyl (C=O) groups excluding carboxylic acids is 1. The minimum atomic E-state index is 0.844. The van der Waals surface area contributed by atoms with Gasteiger partial charge in [0.2, 0.25) is 6.08 Å². The predicted molar refractivity (Wildman–Crippen MR) is 118 cm³/mol. The van der Waals surface area contributed by atoms with Crippen LogP contribution in [0, 0.1) is 0 Å². The Balaban J connectivity index is 2.46. The van der Waals surface area contributed by atoms with Gasteiger partial charge in [0.1, 0.15) is 0 Å². The smallest absolute Gasteiger partial charge is 0.211 e. The van der Waals surface area contributed by atoms with Crippen molar-refractivity contribution in [2.75, 3.05) is 0 Å². The van der Waals surface area contributed by atoms with Crippen LogP contribution in [0.2, 0.25) is 0 Å². The Bertz CT molecular complexity index is 531. The highest BCUT2D eigenvalue weighted by Gasteiger charge is 2.08. The molecule has 152 valence electrons. The maximum atomic E-state index is 10.8. The van der Waals surface area contributed by atoms with Crippen LogP contribution in [-0.4, -0.2) is 6.08 Å². The third-order valence-corrected chi connectivity index (χ3v) is 5.49. The van der Waals surface area contributed by atoms with Crippen LogP contribution in [-0.2, 0) is 17.6 Å². The monoisotopic (exact) mass is 371 g/mol. The normalized spacial score (nSPS) is 10.7. The predicted octanol–water partition coefficient (Wildman–Crippen LogP) is 8.24. The van der Waals surface area contributed by atoms with Crippen molar-refractivity contribution in [3.8, 4) is 0 Å². The molecule has 0 bridgehead atoms. The lowest BCUT2D eigenvalue weighted by atomic mass is 9.95. The SMILES string of the molecule is CCCCCCCCCc1cccc(N=C=O)c1CCCCCCCCC. The Morgan fingerprint density at radius 2 is 1.22 bits per heavy atom. The lowest BCUT2D eigenvalue weighted by Gasteiger charge is -2.12. The number of benzene rings is 1. The summed E-state index contributed by atoms with van der Waals surface area (Å²) < 4.78 is 0. The molecule has 0 N–H and O–H groups in total. The van der Waals surface area contributed by atoms with Crippen LogP contribution in [0.4, 0.5) is 5.69 Å². The van der Waals surface area contributed by atoms with Gasteiger partial charge < -0.3 is 0 Å². The lowest BCUT2D eigenvalue weighted by molar-refractivity contribution is 0.565. The van der Waals surface area contributed by atoms with E-state index >= 15 is 0 Å². The summed E-state index contributed by atoms with van der Waals surface area (Å²) in [5, 5.41) is 0. The van der Waals surface area contributed by atoms with Crippen molar-refractivity contribution >= 4 is 11.8 Å². The average molecular weight is 372 g/mol. The van der Waals surface area contributed by atoms with Crippen molar-refractivity contribution < 1.29 is 4.79 Å². The maximum Gasteiger partial charge on any atom is 0.240 e. The zero-order valence-electron chi connectivity index (χ0n) is 17.9. The summed E-state index contributed by atoms with van der Waals surface area (Å²) in [5.74, 6) is 0. The quantitative estimate of drug-likeness (QED) is 0.154. The summed E-state index contributed by atoms with van der Waals surface area (Å²) in [7, 11) is 0. The van der Waals surface area contributed by atoms with Gasteiger partial charge in [-0.25, -0.2) is 4.79 Å². The second-order valence-electron chi connectivity index (χ2n) is 7.86. The molecule has 0 heterocycles. The fourth-order valence-corrected chi connectivity index (χ4v) is 3.83. The number of aryl methyl sites for hydroxylation is 1. The fraction of sp³-hybridized carbons (Fsp3) is 0.720. The first-order chi connectivity index (χ1) is 13.3. The fourth-order valence-electron chi connectivity index (χ4n) is 3.83. The molecule has 0 aliphatic rings. The Labute approximate surface area is 167 Å². The number of hydrogen-bond acceptors (Lipinski definition) is 2. The Kier molecular flexibility index (Phi) is 14.7. The van der Waals surface area contributed by atoms with Crippen molar-refractivity contribution in [3.05, 3.63) is 29.3 Å². The van der Waals surface area contributed by atoms with E-state index < -0.39 is 0 Å². The molecule has 0 radical (unpaired) electrons. The molecule has 2 heteroatoms. The highest BCUT2D eigenvalue weighted by Crippen LogP contribution is 2.26. The summed E-state index contributed by atoms with van der Waals surface area (Å²) in [6.07, 6.45) is 22.4. The molecule has 0 unspecified atom stereocenters. The average Bonchev–Trinajstić information content (AvgIpc) is 2.68. The summed E-state index contributed by atoms with van der Waals surface area (Å²) >= 11 is 0. The van der Waals surface area contributed by atoms with Crippen molar-refractivity contribution in [2.24, 2.45) is 4.99 Å². The molecule has 0 atom stereocenters. The van der Waals surface area contributed by atoms with Gasteiger partial charge in [-0.2, -0.15) is 4.99 Å². The van der Waals surface area contributed by atoms with Crippen LogP contribution in [0.25, 0.3) is 0 Å². The molecule has 2 nitrogen and oxygen atoms in total. The highest BCUT2D eigenvalue weighted by molar-refractivity contribution is 5.56. The standard InChI is InChI=1S/C25H41NO/c1-3-5-7-9-11-13-15-18-23-19-17-21-25(26-22-27)24(23)20-16-14-12-10-8-6-4-2/h17,19,21H,3-16,18,20H2,1-2H3. The third-order valence-electron chi connectivity index (χ3n) is 5.49. The van der Waals surface area contributed by atoms with E-state index in [2.05, 4.69) is 24.9 Å². The molecule has 0 spiro atoms. The second-order valence-corrected chi connectivity index (χ2v) is 7.86. The van der Waals surface area contributed by atoms with Crippen LogP contribution in [0.3, 0.4) is 0 Å². The van der Waals surface area contributed by atoms with Crippen molar-refractivity contribution in [2.45, 2.75) is 117 Å². The molecule has 0 amide bonds. The number of unbranched alkanes of at least 4 members (excludes halogenated alkanes) is 12. The molecule has 0 saturated heterocycles. The molecule has 27 heavy (non-hydrogen) atoms. The van der Waals surface area contributed by atoms with Crippen LogP contribution < -0.4 is 0 Å². The first kappa shape index (κ1) is 23.6. The van der Waals surface area contributed by atoms with E-state index in [9.17, 15) is 4.79 Å². The minimum absolute atomic E-state index is 0.844. The number of nitrogens with zero attached hydrogens (tertiary/aromatic N) is 1. The Hall–Kier alpha value is -1.40. The zero-order valence-corrected chi connectivity index (χ0v) is 17.9. The van der Waals surface area contributed by atoms with Crippen LogP contribution >= 0.6 is 0 Å². The Morgan fingerprint density at radius 3 is 1.78 bits per heavy atom. The highest BCUT2D eigenvalue weighted by atomic mass is 16.1. The number of isocyanates is 1. The summed E-state index contributed by atoms with van der Waals surface area (Å²) in [5.41, 5.74) is 3.53. The molecule has 0 saturated carbocycles. The van der Waals surface area contributed by atoms with Crippen molar-refractivity contribution in [1.29, 1.82) is 0 Å². The molecular weight excluding hydrogens is 330 g/mol. The van der Waals surface area contributed by atoms with E-state index in [0.29, 0.717) is 0 Å². The van der Waals surface area contributed by atoms with E-state index in [0.717, 1.165) is 18.5 Å². The summed E-state index contributed by atoms with van der Waals surface area (Å²) in [4.78, 5) is 14.8. The second kappa shape index (κ2) is 16.8. The van der Waals surface area contributed by atoms with Gasteiger partial charge in [0.15, 0.2) is 0 Å². The molecule has 1 aromatic rings. The van der Waals surface area contributed by atoms with Gasteiger partial charge in [-0.05, 0) is 42.9 Å². The van der Waals surface area contributed by atoms with Gasteiger partial charge in [-0.3, -0.25) is 0 Å². The zero-order chi connectivity index (χ0) is 19.6.